The normalized spacial score (nSPS) is 16.5. The van der Waals surface area contributed by atoms with Gasteiger partial charge in [-0.05, 0) is 49.0 Å². The second-order valence-corrected chi connectivity index (χ2v) is 9.30. The summed E-state index contributed by atoms with van der Waals surface area (Å²) >= 11 is 1.69. The summed E-state index contributed by atoms with van der Waals surface area (Å²) in [5, 5.41) is 5.36. The Labute approximate surface area is 189 Å². The number of carbonyl (C=O) groups is 1. The molecule has 31 heavy (non-hydrogen) atoms. The summed E-state index contributed by atoms with van der Waals surface area (Å²) in [6, 6.07) is 23.1. The van der Waals surface area contributed by atoms with Crippen molar-refractivity contribution in [1.29, 1.82) is 0 Å². The number of carbonyl (C=O) groups excluding carboxylic acids is 1. The summed E-state index contributed by atoms with van der Waals surface area (Å²) < 4.78 is 0. The van der Waals surface area contributed by atoms with Gasteiger partial charge in [-0.25, -0.2) is 0 Å². The molecule has 0 saturated carbocycles. The van der Waals surface area contributed by atoms with E-state index in [1.54, 1.807) is 11.3 Å². The third-order valence-corrected chi connectivity index (χ3v) is 6.78. The van der Waals surface area contributed by atoms with Gasteiger partial charge >= 0.3 is 0 Å². The quantitative estimate of drug-likeness (QED) is 0.597. The van der Waals surface area contributed by atoms with E-state index in [9.17, 15) is 4.79 Å². The first-order valence-electron chi connectivity index (χ1n) is 11.1. The molecule has 162 valence electrons. The molecule has 3 aromatic rings. The van der Waals surface area contributed by atoms with Crippen molar-refractivity contribution in [2.24, 2.45) is 0 Å². The maximum Gasteiger partial charge on any atom is 0.234 e. The van der Waals surface area contributed by atoms with Crippen molar-refractivity contribution in [1.82, 2.24) is 15.1 Å². The van der Waals surface area contributed by atoms with E-state index in [0.717, 1.165) is 44.7 Å². The lowest BCUT2D eigenvalue weighted by Crippen LogP contribution is -2.40. The molecule has 0 spiro atoms. The van der Waals surface area contributed by atoms with E-state index in [1.807, 2.05) is 6.07 Å². The summed E-state index contributed by atoms with van der Waals surface area (Å²) in [6.45, 7) is 7.48. The van der Waals surface area contributed by atoms with Crippen LogP contribution in [0.25, 0.3) is 0 Å². The molecule has 4 nitrogen and oxygen atoms in total. The number of hydrogen-bond acceptors (Lipinski definition) is 4. The van der Waals surface area contributed by atoms with Crippen LogP contribution in [0.2, 0.25) is 0 Å². The van der Waals surface area contributed by atoms with Gasteiger partial charge in [-0.2, -0.15) is 0 Å². The van der Waals surface area contributed by atoms with Crippen LogP contribution in [0, 0.1) is 6.92 Å². The first-order chi connectivity index (χ1) is 15.2. The first kappa shape index (κ1) is 21.8. The van der Waals surface area contributed by atoms with E-state index in [2.05, 4.69) is 88.1 Å². The number of rotatable bonds is 7. The summed E-state index contributed by atoms with van der Waals surface area (Å²) in [7, 11) is 0. The van der Waals surface area contributed by atoms with Gasteiger partial charge in [0.1, 0.15) is 0 Å². The molecule has 0 bridgehead atoms. The van der Waals surface area contributed by atoms with Crippen LogP contribution < -0.4 is 5.32 Å². The fourth-order valence-corrected chi connectivity index (χ4v) is 4.93. The summed E-state index contributed by atoms with van der Waals surface area (Å²) in [4.78, 5) is 18.9. The van der Waals surface area contributed by atoms with Crippen molar-refractivity contribution in [2.45, 2.75) is 25.9 Å². The van der Waals surface area contributed by atoms with E-state index in [1.165, 1.54) is 16.0 Å². The average molecular weight is 434 g/mol. The lowest BCUT2D eigenvalue weighted by molar-refractivity contribution is -0.122. The number of amides is 1. The van der Waals surface area contributed by atoms with Crippen LogP contribution >= 0.6 is 11.3 Å². The number of nitrogens with one attached hydrogen (secondary N) is 1. The van der Waals surface area contributed by atoms with Crippen molar-refractivity contribution < 1.29 is 4.79 Å². The second kappa shape index (κ2) is 10.7. The summed E-state index contributed by atoms with van der Waals surface area (Å²) in [6.07, 6.45) is 1.09. The van der Waals surface area contributed by atoms with Crippen molar-refractivity contribution in [3.05, 3.63) is 93.7 Å². The van der Waals surface area contributed by atoms with E-state index in [-0.39, 0.29) is 11.9 Å². The Balaban J connectivity index is 1.34. The van der Waals surface area contributed by atoms with Crippen molar-refractivity contribution >= 4 is 17.2 Å². The van der Waals surface area contributed by atoms with Gasteiger partial charge in [0, 0.05) is 24.5 Å². The zero-order chi connectivity index (χ0) is 21.5. The van der Waals surface area contributed by atoms with Gasteiger partial charge < -0.3 is 5.32 Å². The zero-order valence-electron chi connectivity index (χ0n) is 18.2. The molecule has 1 aliphatic heterocycles. The van der Waals surface area contributed by atoms with E-state index in [0.29, 0.717) is 6.54 Å². The molecular weight excluding hydrogens is 402 g/mol. The van der Waals surface area contributed by atoms with Crippen molar-refractivity contribution in [3.8, 4) is 0 Å². The minimum absolute atomic E-state index is 0.0883. The van der Waals surface area contributed by atoms with Crippen LogP contribution in [0.1, 0.15) is 34.0 Å². The van der Waals surface area contributed by atoms with Gasteiger partial charge in [0.15, 0.2) is 0 Å². The minimum atomic E-state index is -0.0883. The Morgan fingerprint density at radius 1 is 0.935 bits per heavy atom. The SMILES string of the molecule is Cc1ccc(C(NC(=O)CN2CCCN(Cc3ccccc3)CC2)c2cccs2)cc1. The van der Waals surface area contributed by atoms with Gasteiger partial charge in [0.05, 0.1) is 12.6 Å². The molecule has 2 aromatic carbocycles. The number of hydrogen-bond donors (Lipinski definition) is 1. The average Bonchev–Trinajstić information content (AvgIpc) is 3.23. The third kappa shape index (κ3) is 6.26. The summed E-state index contributed by atoms with van der Waals surface area (Å²) in [5.41, 5.74) is 3.71. The molecule has 0 aliphatic carbocycles. The lowest BCUT2D eigenvalue weighted by Gasteiger charge is -2.23. The maximum absolute atomic E-state index is 13.0. The predicted octanol–water partition coefficient (Wildman–Crippen LogP) is 4.47. The standard InChI is InChI=1S/C26H31N3OS/c1-21-10-12-23(13-11-21)26(24-9-5-18-31-24)27-25(30)20-29-15-6-14-28(16-17-29)19-22-7-3-2-4-8-22/h2-5,7-13,18,26H,6,14-17,19-20H2,1H3,(H,27,30). The Morgan fingerprint density at radius 2 is 1.68 bits per heavy atom. The first-order valence-corrected chi connectivity index (χ1v) is 11.9. The van der Waals surface area contributed by atoms with Gasteiger partial charge in [-0.1, -0.05) is 66.2 Å². The molecule has 1 unspecified atom stereocenters. The van der Waals surface area contributed by atoms with Crippen LogP contribution in [0.4, 0.5) is 0 Å². The van der Waals surface area contributed by atoms with Crippen LogP contribution in [-0.2, 0) is 11.3 Å². The molecule has 1 saturated heterocycles. The van der Waals surface area contributed by atoms with E-state index < -0.39 is 0 Å². The highest BCUT2D eigenvalue weighted by atomic mass is 32.1. The van der Waals surface area contributed by atoms with E-state index in [4.69, 9.17) is 0 Å². The molecule has 1 atom stereocenters. The molecule has 1 fully saturated rings. The highest BCUT2D eigenvalue weighted by Gasteiger charge is 2.21. The predicted molar refractivity (Wildman–Crippen MR) is 128 cm³/mol. The minimum Gasteiger partial charge on any atom is -0.343 e. The zero-order valence-corrected chi connectivity index (χ0v) is 19.0. The number of benzene rings is 2. The molecule has 1 aromatic heterocycles. The van der Waals surface area contributed by atoms with Crippen molar-refractivity contribution in [3.63, 3.8) is 0 Å². The van der Waals surface area contributed by atoms with Gasteiger partial charge in [-0.15, -0.1) is 11.3 Å². The highest BCUT2D eigenvalue weighted by Crippen LogP contribution is 2.26. The van der Waals surface area contributed by atoms with Crippen LogP contribution in [-0.4, -0.2) is 48.4 Å². The number of nitrogens with zero attached hydrogens (tertiary/aromatic N) is 2. The molecule has 1 amide bonds. The van der Waals surface area contributed by atoms with Gasteiger partial charge in [-0.3, -0.25) is 14.6 Å². The molecule has 1 N–H and O–H groups in total. The third-order valence-electron chi connectivity index (χ3n) is 5.84. The van der Waals surface area contributed by atoms with Gasteiger partial charge in [0.2, 0.25) is 5.91 Å². The van der Waals surface area contributed by atoms with Crippen LogP contribution in [0.15, 0.2) is 72.1 Å². The number of thiophene rings is 1. The van der Waals surface area contributed by atoms with Crippen LogP contribution in [0.3, 0.4) is 0 Å². The van der Waals surface area contributed by atoms with Gasteiger partial charge in [0.25, 0.3) is 0 Å². The fourth-order valence-electron chi connectivity index (χ4n) is 4.13. The molecule has 0 radical (unpaired) electrons. The fraction of sp³-hybridized carbons (Fsp3) is 0.346. The molecule has 5 heteroatoms. The number of aryl methyl sites for hydroxylation is 1. The molecule has 2 heterocycles. The monoisotopic (exact) mass is 433 g/mol. The topological polar surface area (TPSA) is 35.6 Å². The Kier molecular flexibility index (Phi) is 7.52. The Morgan fingerprint density at radius 3 is 2.42 bits per heavy atom. The maximum atomic E-state index is 13.0. The highest BCUT2D eigenvalue weighted by molar-refractivity contribution is 7.10. The van der Waals surface area contributed by atoms with Crippen molar-refractivity contribution in [2.75, 3.05) is 32.7 Å². The Bertz CT molecular complexity index is 941. The molecule has 1 aliphatic rings. The lowest BCUT2D eigenvalue weighted by atomic mass is 10.0. The second-order valence-electron chi connectivity index (χ2n) is 8.32. The molecular formula is C26H31N3OS. The smallest absolute Gasteiger partial charge is 0.234 e. The molecule has 4 rings (SSSR count). The Hall–Kier alpha value is -2.47. The van der Waals surface area contributed by atoms with Crippen LogP contribution in [0.5, 0.6) is 0 Å². The largest absolute Gasteiger partial charge is 0.343 e. The summed E-state index contributed by atoms with van der Waals surface area (Å²) in [5.74, 6) is 0.0930. The van der Waals surface area contributed by atoms with E-state index >= 15 is 0 Å².